The number of likely N-dealkylation sites (N-methyl/N-ethyl adjacent to an activating group) is 1. The molecule has 0 aliphatic rings. The standard InChI is InChI=1S/C13H20N2O3/c1-14-9-13(16)15-7-8-18-10-11-3-5-12(17-2)6-4-11/h3-6,14H,7-10H2,1-2H3,(H,15,16). The Labute approximate surface area is 107 Å². The third-order valence-electron chi connectivity index (χ3n) is 2.33. The smallest absolute Gasteiger partial charge is 0.234 e. The lowest BCUT2D eigenvalue weighted by Gasteiger charge is -2.07. The number of hydrogen-bond donors (Lipinski definition) is 2. The van der Waals surface area contributed by atoms with Gasteiger partial charge in [0.2, 0.25) is 5.91 Å². The average Bonchev–Trinajstić information content (AvgIpc) is 2.39. The van der Waals surface area contributed by atoms with Gasteiger partial charge in [-0.25, -0.2) is 0 Å². The van der Waals surface area contributed by atoms with Crippen molar-refractivity contribution >= 4 is 5.91 Å². The first-order valence-corrected chi connectivity index (χ1v) is 5.88. The molecule has 0 saturated carbocycles. The Hall–Kier alpha value is -1.59. The van der Waals surface area contributed by atoms with Crippen molar-refractivity contribution in [2.24, 2.45) is 0 Å². The molecule has 0 aliphatic carbocycles. The maximum atomic E-state index is 11.1. The molecule has 1 rings (SSSR count). The number of carbonyl (C=O) groups excluding carboxylic acids is 1. The Balaban J connectivity index is 2.12. The summed E-state index contributed by atoms with van der Waals surface area (Å²) in [6.07, 6.45) is 0. The summed E-state index contributed by atoms with van der Waals surface area (Å²) in [5, 5.41) is 5.52. The molecule has 18 heavy (non-hydrogen) atoms. The van der Waals surface area contributed by atoms with Crippen LogP contribution in [0.15, 0.2) is 24.3 Å². The Morgan fingerprint density at radius 2 is 2.00 bits per heavy atom. The summed E-state index contributed by atoms with van der Waals surface area (Å²) in [7, 11) is 3.37. The number of hydrogen-bond acceptors (Lipinski definition) is 4. The summed E-state index contributed by atoms with van der Waals surface area (Å²) in [4.78, 5) is 11.1. The minimum absolute atomic E-state index is 0.0226. The fourth-order valence-corrected chi connectivity index (χ4v) is 1.40. The molecule has 0 unspecified atom stereocenters. The Bertz CT molecular complexity index is 352. The lowest BCUT2D eigenvalue weighted by atomic mass is 10.2. The second kappa shape index (κ2) is 8.49. The van der Waals surface area contributed by atoms with E-state index in [9.17, 15) is 4.79 Å². The normalized spacial score (nSPS) is 10.1. The molecule has 0 atom stereocenters. The van der Waals surface area contributed by atoms with Crippen molar-refractivity contribution in [1.82, 2.24) is 10.6 Å². The van der Waals surface area contributed by atoms with Crippen molar-refractivity contribution in [1.29, 1.82) is 0 Å². The third kappa shape index (κ3) is 5.65. The van der Waals surface area contributed by atoms with Crippen LogP contribution in [-0.4, -0.2) is 39.8 Å². The van der Waals surface area contributed by atoms with E-state index in [1.165, 1.54) is 0 Å². The molecule has 100 valence electrons. The number of rotatable bonds is 8. The van der Waals surface area contributed by atoms with Gasteiger partial charge < -0.3 is 20.1 Å². The highest BCUT2D eigenvalue weighted by Gasteiger charge is 1.98. The minimum atomic E-state index is -0.0226. The van der Waals surface area contributed by atoms with Crippen molar-refractivity contribution in [3.05, 3.63) is 29.8 Å². The lowest BCUT2D eigenvalue weighted by Crippen LogP contribution is -2.34. The summed E-state index contributed by atoms with van der Waals surface area (Å²) in [6.45, 7) is 1.89. The summed E-state index contributed by atoms with van der Waals surface area (Å²) >= 11 is 0. The SMILES string of the molecule is CNCC(=O)NCCOCc1ccc(OC)cc1. The molecule has 0 aromatic heterocycles. The van der Waals surface area contributed by atoms with Gasteiger partial charge in [0, 0.05) is 6.54 Å². The molecule has 2 N–H and O–H groups in total. The van der Waals surface area contributed by atoms with Gasteiger partial charge in [0.1, 0.15) is 5.75 Å². The molecule has 1 aromatic rings. The number of methoxy groups -OCH3 is 1. The van der Waals surface area contributed by atoms with Gasteiger partial charge in [-0.3, -0.25) is 4.79 Å². The summed E-state index contributed by atoms with van der Waals surface area (Å²) < 4.78 is 10.5. The highest BCUT2D eigenvalue weighted by molar-refractivity contribution is 5.77. The largest absolute Gasteiger partial charge is 0.497 e. The van der Waals surface area contributed by atoms with Crippen LogP contribution in [0.2, 0.25) is 0 Å². The van der Waals surface area contributed by atoms with Crippen LogP contribution in [0.25, 0.3) is 0 Å². The first kappa shape index (κ1) is 14.5. The minimum Gasteiger partial charge on any atom is -0.497 e. The quantitative estimate of drug-likeness (QED) is 0.663. The molecule has 1 aromatic carbocycles. The number of ether oxygens (including phenoxy) is 2. The zero-order valence-electron chi connectivity index (χ0n) is 10.9. The van der Waals surface area contributed by atoms with E-state index in [0.29, 0.717) is 26.3 Å². The van der Waals surface area contributed by atoms with Crippen LogP contribution in [0.1, 0.15) is 5.56 Å². The molecule has 5 heteroatoms. The monoisotopic (exact) mass is 252 g/mol. The average molecular weight is 252 g/mol. The van der Waals surface area contributed by atoms with E-state index >= 15 is 0 Å². The van der Waals surface area contributed by atoms with Gasteiger partial charge in [-0.1, -0.05) is 12.1 Å². The Morgan fingerprint density at radius 1 is 1.28 bits per heavy atom. The number of carbonyl (C=O) groups is 1. The molecule has 0 heterocycles. The van der Waals surface area contributed by atoms with Gasteiger partial charge in [-0.15, -0.1) is 0 Å². The molecular formula is C13H20N2O3. The fraction of sp³-hybridized carbons (Fsp3) is 0.462. The van der Waals surface area contributed by atoms with Crippen molar-refractivity contribution < 1.29 is 14.3 Å². The first-order valence-electron chi connectivity index (χ1n) is 5.88. The molecule has 0 saturated heterocycles. The van der Waals surface area contributed by atoms with Crippen LogP contribution in [0.3, 0.4) is 0 Å². The van der Waals surface area contributed by atoms with Crippen LogP contribution in [0.5, 0.6) is 5.75 Å². The molecule has 0 spiro atoms. The van der Waals surface area contributed by atoms with Crippen molar-refractivity contribution in [2.45, 2.75) is 6.61 Å². The van der Waals surface area contributed by atoms with Gasteiger partial charge in [0.15, 0.2) is 0 Å². The molecular weight excluding hydrogens is 232 g/mol. The molecule has 0 radical (unpaired) electrons. The van der Waals surface area contributed by atoms with E-state index in [4.69, 9.17) is 9.47 Å². The van der Waals surface area contributed by atoms with Gasteiger partial charge in [0.25, 0.3) is 0 Å². The zero-order chi connectivity index (χ0) is 13.2. The number of nitrogens with one attached hydrogen (secondary N) is 2. The van der Waals surface area contributed by atoms with Crippen molar-refractivity contribution in [3.8, 4) is 5.75 Å². The third-order valence-corrected chi connectivity index (χ3v) is 2.33. The molecule has 1 amide bonds. The van der Waals surface area contributed by atoms with Gasteiger partial charge in [-0.05, 0) is 24.7 Å². The second-order valence-electron chi connectivity index (χ2n) is 3.78. The van der Waals surface area contributed by atoms with E-state index in [0.717, 1.165) is 11.3 Å². The van der Waals surface area contributed by atoms with Crippen molar-refractivity contribution in [3.63, 3.8) is 0 Å². The summed E-state index contributed by atoms with van der Waals surface area (Å²) in [5.74, 6) is 0.809. The lowest BCUT2D eigenvalue weighted by molar-refractivity contribution is -0.120. The predicted molar refractivity (Wildman–Crippen MR) is 69.6 cm³/mol. The van der Waals surface area contributed by atoms with E-state index in [1.807, 2.05) is 24.3 Å². The van der Waals surface area contributed by atoms with E-state index in [1.54, 1.807) is 14.2 Å². The Morgan fingerprint density at radius 3 is 2.61 bits per heavy atom. The number of benzene rings is 1. The summed E-state index contributed by atoms with van der Waals surface area (Å²) in [6, 6.07) is 7.71. The molecule has 0 aliphatic heterocycles. The van der Waals surface area contributed by atoms with Crippen LogP contribution < -0.4 is 15.4 Å². The number of amides is 1. The van der Waals surface area contributed by atoms with E-state index < -0.39 is 0 Å². The topological polar surface area (TPSA) is 59.6 Å². The molecule has 0 bridgehead atoms. The van der Waals surface area contributed by atoms with E-state index in [2.05, 4.69) is 10.6 Å². The predicted octanol–water partition coefficient (Wildman–Crippen LogP) is 0.547. The van der Waals surface area contributed by atoms with Crippen LogP contribution >= 0.6 is 0 Å². The summed E-state index contributed by atoms with van der Waals surface area (Å²) in [5.41, 5.74) is 1.08. The van der Waals surface area contributed by atoms with E-state index in [-0.39, 0.29) is 5.91 Å². The van der Waals surface area contributed by atoms with Gasteiger partial charge in [0.05, 0.1) is 26.9 Å². The molecule has 0 fully saturated rings. The molecule has 5 nitrogen and oxygen atoms in total. The first-order chi connectivity index (χ1) is 8.76. The maximum Gasteiger partial charge on any atom is 0.234 e. The maximum absolute atomic E-state index is 11.1. The van der Waals surface area contributed by atoms with Crippen molar-refractivity contribution in [2.75, 3.05) is 33.9 Å². The highest BCUT2D eigenvalue weighted by atomic mass is 16.5. The highest BCUT2D eigenvalue weighted by Crippen LogP contribution is 2.11. The fourth-order valence-electron chi connectivity index (χ4n) is 1.40. The zero-order valence-corrected chi connectivity index (χ0v) is 10.9. The Kier molecular flexibility index (Phi) is 6.83. The van der Waals surface area contributed by atoms with Gasteiger partial charge >= 0.3 is 0 Å². The van der Waals surface area contributed by atoms with Gasteiger partial charge in [-0.2, -0.15) is 0 Å². The van der Waals surface area contributed by atoms with Crippen LogP contribution in [-0.2, 0) is 16.1 Å². The van der Waals surface area contributed by atoms with Crippen LogP contribution in [0, 0.1) is 0 Å². The van der Waals surface area contributed by atoms with Crippen LogP contribution in [0.4, 0.5) is 0 Å². The second-order valence-corrected chi connectivity index (χ2v) is 3.78.